The predicted octanol–water partition coefficient (Wildman–Crippen LogP) is 2.22. The van der Waals surface area contributed by atoms with Gasteiger partial charge in [-0.1, -0.05) is 25.0 Å². The van der Waals surface area contributed by atoms with Crippen molar-refractivity contribution in [3.8, 4) is 5.75 Å². The molecule has 2 fully saturated rings. The van der Waals surface area contributed by atoms with Crippen molar-refractivity contribution in [1.29, 1.82) is 0 Å². The summed E-state index contributed by atoms with van der Waals surface area (Å²) in [5.41, 5.74) is 1.24. The maximum absolute atomic E-state index is 12.7. The highest BCUT2D eigenvalue weighted by atomic mass is 16.5. The number of hydrogen-bond donors (Lipinski definition) is 2. The maximum Gasteiger partial charge on any atom is 0.237 e. The molecule has 6 nitrogen and oxygen atoms in total. The number of nitrogens with zero attached hydrogens (tertiary/aromatic N) is 1. The topological polar surface area (TPSA) is 70.7 Å². The van der Waals surface area contributed by atoms with Gasteiger partial charge in [0.05, 0.1) is 19.6 Å². The van der Waals surface area contributed by atoms with Crippen LogP contribution in [0.2, 0.25) is 0 Å². The number of carbonyl (C=O) groups excluding carboxylic acids is 2. The van der Waals surface area contributed by atoms with Gasteiger partial charge in [-0.25, -0.2) is 0 Å². The quantitative estimate of drug-likeness (QED) is 0.753. The molecule has 3 rings (SSSR count). The number of carbonyl (C=O) groups is 2. The van der Waals surface area contributed by atoms with Gasteiger partial charge in [0.2, 0.25) is 11.8 Å². The van der Waals surface area contributed by atoms with Crippen LogP contribution in [-0.4, -0.2) is 55.5 Å². The summed E-state index contributed by atoms with van der Waals surface area (Å²) in [4.78, 5) is 27.1. The number of benzene rings is 1. The molecular weight excluding hydrogens is 354 g/mol. The molecule has 2 amide bonds. The van der Waals surface area contributed by atoms with Crippen LogP contribution in [0.4, 0.5) is 0 Å². The van der Waals surface area contributed by atoms with Crippen LogP contribution < -0.4 is 15.4 Å². The van der Waals surface area contributed by atoms with Crippen LogP contribution >= 0.6 is 0 Å². The Hall–Kier alpha value is -2.08. The second kappa shape index (κ2) is 8.95. The molecule has 0 radical (unpaired) electrons. The predicted molar refractivity (Wildman–Crippen MR) is 109 cm³/mol. The molecule has 0 spiro atoms. The van der Waals surface area contributed by atoms with Crippen LogP contribution in [-0.2, 0) is 15.0 Å². The lowest BCUT2D eigenvalue weighted by Crippen LogP contribution is -2.58. The van der Waals surface area contributed by atoms with Crippen molar-refractivity contribution in [3.63, 3.8) is 0 Å². The molecule has 1 aromatic rings. The Morgan fingerprint density at radius 3 is 2.57 bits per heavy atom. The highest BCUT2D eigenvalue weighted by Gasteiger charge is 2.37. The van der Waals surface area contributed by atoms with Gasteiger partial charge in [0.25, 0.3) is 0 Å². The molecule has 1 aliphatic heterocycles. The van der Waals surface area contributed by atoms with E-state index < -0.39 is 0 Å². The lowest BCUT2D eigenvalue weighted by atomic mass is 9.78. The monoisotopic (exact) mass is 387 g/mol. The van der Waals surface area contributed by atoms with E-state index in [0.29, 0.717) is 13.1 Å². The van der Waals surface area contributed by atoms with E-state index in [0.717, 1.165) is 25.1 Å². The number of amides is 2. The third-order valence-corrected chi connectivity index (χ3v) is 6.30. The molecule has 154 valence electrons. The first-order valence-corrected chi connectivity index (χ1v) is 10.4. The second-order valence-electron chi connectivity index (χ2n) is 8.34. The normalized spacial score (nSPS) is 22.1. The van der Waals surface area contributed by atoms with Crippen LogP contribution in [0.1, 0.15) is 51.5 Å². The number of piperazine rings is 1. The van der Waals surface area contributed by atoms with Crippen molar-refractivity contribution >= 4 is 11.8 Å². The maximum atomic E-state index is 12.7. The second-order valence-corrected chi connectivity index (χ2v) is 8.34. The smallest absolute Gasteiger partial charge is 0.237 e. The van der Waals surface area contributed by atoms with Crippen LogP contribution in [0.15, 0.2) is 24.3 Å². The summed E-state index contributed by atoms with van der Waals surface area (Å²) < 4.78 is 5.27. The molecule has 6 heteroatoms. The number of ether oxygens (including phenoxy) is 1. The molecule has 2 aliphatic rings. The molecule has 2 N–H and O–H groups in total. The largest absolute Gasteiger partial charge is 0.497 e. The molecule has 0 bridgehead atoms. The Bertz CT molecular complexity index is 681. The van der Waals surface area contributed by atoms with Crippen molar-refractivity contribution in [1.82, 2.24) is 15.5 Å². The molecule has 1 unspecified atom stereocenters. The van der Waals surface area contributed by atoms with Gasteiger partial charge in [-0.15, -0.1) is 0 Å². The zero-order valence-electron chi connectivity index (χ0n) is 17.3. The first kappa shape index (κ1) is 20.6. The molecular formula is C22H33N3O3. The number of methoxy groups -OCH3 is 1. The van der Waals surface area contributed by atoms with Crippen LogP contribution in [0, 0.1) is 0 Å². The molecule has 28 heavy (non-hydrogen) atoms. The Morgan fingerprint density at radius 1 is 1.29 bits per heavy atom. The van der Waals surface area contributed by atoms with E-state index in [9.17, 15) is 9.59 Å². The summed E-state index contributed by atoms with van der Waals surface area (Å²) in [6, 6.07) is 8.07. The van der Waals surface area contributed by atoms with E-state index in [1.165, 1.54) is 18.4 Å². The highest BCUT2D eigenvalue weighted by Crippen LogP contribution is 2.41. The summed E-state index contributed by atoms with van der Waals surface area (Å²) in [7, 11) is 1.67. The minimum Gasteiger partial charge on any atom is -0.497 e. The minimum atomic E-state index is -0.380. The Labute approximate surface area is 168 Å². The fourth-order valence-corrected chi connectivity index (χ4v) is 4.64. The molecule has 1 heterocycles. The standard InChI is InChI=1S/C22H33N3O3/c1-16(2)25-13-12-23-21(27)19(25)14-20(26)24-15-22(10-4-5-11-22)17-6-8-18(28-3)9-7-17/h6-9,16,19H,4-5,10-15H2,1-3H3,(H,23,27)(H,24,26). The highest BCUT2D eigenvalue weighted by molar-refractivity contribution is 5.88. The Kier molecular flexibility index (Phi) is 6.60. The van der Waals surface area contributed by atoms with Gasteiger partial charge < -0.3 is 15.4 Å². The lowest BCUT2D eigenvalue weighted by Gasteiger charge is -2.37. The molecule has 0 aromatic heterocycles. The average Bonchev–Trinajstić information content (AvgIpc) is 3.18. The van der Waals surface area contributed by atoms with Crippen molar-refractivity contribution in [2.45, 2.75) is 63.5 Å². The molecule has 1 saturated carbocycles. The number of nitrogens with one attached hydrogen (secondary N) is 2. The van der Waals surface area contributed by atoms with Crippen molar-refractivity contribution < 1.29 is 14.3 Å². The van der Waals surface area contributed by atoms with Crippen molar-refractivity contribution in [2.24, 2.45) is 0 Å². The molecule has 1 atom stereocenters. The third-order valence-electron chi connectivity index (χ3n) is 6.30. The average molecular weight is 388 g/mol. The molecule has 1 aliphatic carbocycles. The zero-order valence-corrected chi connectivity index (χ0v) is 17.3. The van der Waals surface area contributed by atoms with E-state index in [1.54, 1.807) is 7.11 Å². The first-order valence-electron chi connectivity index (χ1n) is 10.4. The van der Waals surface area contributed by atoms with Gasteiger partial charge in [-0.3, -0.25) is 14.5 Å². The fourth-order valence-electron chi connectivity index (χ4n) is 4.64. The van der Waals surface area contributed by atoms with Crippen LogP contribution in [0.5, 0.6) is 5.75 Å². The van der Waals surface area contributed by atoms with Gasteiger partial charge in [-0.2, -0.15) is 0 Å². The minimum absolute atomic E-state index is 0.0194. The molecule has 1 saturated heterocycles. The first-order chi connectivity index (χ1) is 13.4. The van der Waals surface area contributed by atoms with Crippen molar-refractivity contribution in [3.05, 3.63) is 29.8 Å². The van der Waals surface area contributed by atoms with E-state index in [4.69, 9.17) is 4.74 Å². The third kappa shape index (κ3) is 4.49. The van der Waals surface area contributed by atoms with Gasteiger partial charge in [0, 0.05) is 31.1 Å². The van der Waals surface area contributed by atoms with Gasteiger partial charge in [-0.05, 0) is 44.4 Å². The summed E-state index contributed by atoms with van der Waals surface area (Å²) in [6.45, 7) is 6.20. The van der Waals surface area contributed by atoms with Gasteiger partial charge >= 0.3 is 0 Å². The number of hydrogen-bond acceptors (Lipinski definition) is 4. The van der Waals surface area contributed by atoms with Crippen LogP contribution in [0.25, 0.3) is 0 Å². The summed E-state index contributed by atoms with van der Waals surface area (Å²) >= 11 is 0. The SMILES string of the molecule is COc1ccc(C2(CNC(=O)CC3C(=O)NCCN3C(C)C)CCCC2)cc1. The lowest BCUT2D eigenvalue weighted by molar-refractivity contribution is -0.134. The van der Waals surface area contributed by atoms with Crippen molar-refractivity contribution in [2.75, 3.05) is 26.7 Å². The molecule has 1 aromatic carbocycles. The summed E-state index contributed by atoms with van der Waals surface area (Å²) in [5.74, 6) is 0.756. The van der Waals surface area contributed by atoms with E-state index in [1.807, 2.05) is 12.1 Å². The van der Waals surface area contributed by atoms with E-state index in [-0.39, 0.29) is 35.7 Å². The summed E-state index contributed by atoms with van der Waals surface area (Å²) in [5, 5.41) is 6.03. The fraction of sp³-hybridized carbons (Fsp3) is 0.636. The van der Waals surface area contributed by atoms with E-state index in [2.05, 4.69) is 41.5 Å². The van der Waals surface area contributed by atoms with Gasteiger partial charge in [0.1, 0.15) is 5.75 Å². The Balaban J connectivity index is 1.64. The zero-order chi connectivity index (χ0) is 20.1. The summed E-state index contributed by atoms with van der Waals surface area (Å²) in [6.07, 6.45) is 4.70. The number of rotatable bonds is 7. The van der Waals surface area contributed by atoms with Gasteiger partial charge in [0.15, 0.2) is 0 Å². The van der Waals surface area contributed by atoms with E-state index >= 15 is 0 Å². The Morgan fingerprint density at radius 2 is 1.96 bits per heavy atom. The van der Waals surface area contributed by atoms with Crippen LogP contribution in [0.3, 0.4) is 0 Å².